The van der Waals surface area contributed by atoms with Gasteiger partial charge in [-0.05, 0) is 19.8 Å². The Balaban J connectivity index is 2.18. The van der Waals surface area contributed by atoms with Gasteiger partial charge in [0.1, 0.15) is 5.82 Å². The first-order chi connectivity index (χ1) is 7.89. The number of rotatable bonds is 1. The maximum atomic E-state index is 12.2. The molecular formula is C12H20N4O. The molecule has 94 valence electrons. The summed E-state index contributed by atoms with van der Waals surface area (Å²) >= 11 is 0. The van der Waals surface area contributed by atoms with Gasteiger partial charge in [0.2, 0.25) is 5.82 Å². The number of carbonyl (C=O) groups excluding carboxylic acids is 1. The first-order valence-corrected chi connectivity index (χ1v) is 6.13. The summed E-state index contributed by atoms with van der Waals surface area (Å²) in [5.74, 6) is 0.998. The molecule has 1 N–H and O–H groups in total. The van der Waals surface area contributed by atoms with Crippen molar-refractivity contribution < 1.29 is 4.79 Å². The van der Waals surface area contributed by atoms with Crippen molar-refractivity contribution in [3.63, 3.8) is 0 Å². The fourth-order valence-electron chi connectivity index (χ4n) is 2.06. The summed E-state index contributed by atoms with van der Waals surface area (Å²) in [4.78, 5) is 18.3. The molecular weight excluding hydrogens is 216 g/mol. The van der Waals surface area contributed by atoms with Crippen LogP contribution >= 0.6 is 0 Å². The summed E-state index contributed by atoms with van der Waals surface area (Å²) in [6.45, 7) is 9.02. The molecule has 1 unspecified atom stereocenters. The Morgan fingerprint density at radius 2 is 2.18 bits per heavy atom. The number of hydrogen-bond donors (Lipinski definition) is 1. The van der Waals surface area contributed by atoms with Crippen LogP contribution in [-0.2, 0) is 5.41 Å². The highest BCUT2D eigenvalue weighted by molar-refractivity contribution is 5.90. The molecule has 0 aromatic carbocycles. The molecule has 1 atom stereocenters. The molecule has 1 aromatic rings. The van der Waals surface area contributed by atoms with Gasteiger partial charge in [-0.1, -0.05) is 20.8 Å². The van der Waals surface area contributed by atoms with Gasteiger partial charge < -0.3 is 4.90 Å². The fourth-order valence-corrected chi connectivity index (χ4v) is 2.06. The van der Waals surface area contributed by atoms with E-state index in [-0.39, 0.29) is 11.3 Å². The topological polar surface area (TPSA) is 61.9 Å². The molecule has 0 aliphatic carbocycles. The lowest BCUT2D eigenvalue weighted by atomic mass is 9.96. The Labute approximate surface area is 102 Å². The zero-order valence-corrected chi connectivity index (χ0v) is 10.9. The van der Waals surface area contributed by atoms with Crippen LogP contribution in [-0.4, -0.2) is 38.6 Å². The number of hydrogen-bond acceptors (Lipinski definition) is 3. The number of carbonyl (C=O) groups is 1. The van der Waals surface area contributed by atoms with E-state index in [1.165, 1.54) is 0 Å². The van der Waals surface area contributed by atoms with Crippen LogP contribution in [0.3, 0.4) is 0 Å². The Kier molecular flexibility index (Phi) is 2.93. The third kappa shape index (κ3) is 2.33. The van der Waals surface area contributed by atoms with Gasteiger partial charge in [0, 0.05) is 18.0 Å². The van der Waals surface area contributed by atoms with Crippen LogP contribution in [0.5, 0.6) is 0 Å². The number of likely N-dealkylation sites (tertiary alicyclic amines) is 1. The van der Waals surface area contributed by atoms with Crippen LogP contribution in [0.4, 0.5) is 0 Å². The Bertz CT molecular complexity index is 418. The average Bonchev–Trinajstić information content (AvgIpc) is 2.83. The molecule has 1 fully saturated rings. The molecule has 5 nitrogen and oxygen atoms in total. The minimum absolute atomic E-state index is 0.0539. The molecule has 2 rings (SSSR count). The SMILES string of the molecule is CC1CCCN1C(=O)c1n[nH]c(C(C)(C)C)n1. The van der Waals surface area contributed by atoms with Gasteiger partial charge in [-0.2, -0.15) is 0 Å². The van der Waals surface area contributed by atoms with Crippen molar-refractivity contribution in [2.24, 2.45) is 0 Å². The lowest BCUT2D eigenvalue weighted by Gasteiger charge is -2.19. The zero-order valence-electron chi connectivity index (χ0n) is 10.9. The highest BCUT2D eigenvalue weighted by Gasteiger charge is 2.29. The largest absolute Gasteiger partial charge is 0.333 e. The van der Waals surface area contributed by atoms with Crippen LogP contribution in [0.25, 0.3) is 0 Å². The van der Waals surface area contributed by atoms with E-state index in [1.807, 2.05) is 25.7 Å². The predicted octanol–water partition coefficient (Wildman–Crippen LogP) is 1.73. The van der Waals surface area contributed by atoms with E-state index in [0.717, 1.165) is 25.2 Å². The quantitative estimate of drug-likeness (QED) is 0.807. The molecule has 5 heteroatoms. The average molecular weight is 236 g/mol. The summed E-state index contributed by atoms with van der Waals surface area (Å²) < 4.78 is 0. The minimum Gasteiger partial charge on any atom is -0.333 e. The third-order valence-corrected chi connectivity index (χ3v) is 3.20. The first-order valence-electron chi connectivity index (χ1n) is 6.13. The standard InChI is InChI=1S/C12H20N4O/c1-8-6-5-7-16(8)10(17)9-13-11(15-14-9)12(2,3)4/h8H,5-7H2,1-4H3,(H,13,14,15). The summed E-state index contributed by atoms with van der Waals surface area (Å²) in [6, 6.07) is 0.305. The second-order valence-electron chi connectivity index (χ2n) is 5.75. The van der Waals surface area contributed by atoms with Crippen molar-refractivity contribution in [2.45, 2.75) is 52.0 Å². The third-order valence-electron chi connectivity index (χ3n) is 3.20. The highest BCUT2D eigenvalue weighted by Crippen LogP contribution is 2.20. The van der Waals surface area contributed by atoms with Crippen molar-refractivity contribution in [1.29, 1.82) is 0 Å². The van der Waals surface area contributed by atoms with Gasteiger partial charge in [-0.3, -0.25) is 9.89 Å². The number of amides is 1. The first kappa shape index (κ1) is 12.1. The van der Waals surface area contributed by atoms with E-state index < -0.39 is 0 Å². The monoisotopic (exact) mass is 236 g/mol. The van der Waals surface area contributed by atoms with E-state index >= 15 is 0 Å². The van der Waals surface area contributed by atoms with Crippen LogP contribution < -0.4 is 0 Å². The fraction of sp³-hybridized carbons (Fsp3) is 0.750. The molecule has 0 saturated carbocycles. The van der Waals surface area contributed by atoms with Crippen molar-refractivity contribution in [2.75, 3.05) is 6.54 Å². The van der Waals surface area contributed by atoms with Crippen LogP contribution in [0, 0.1) is 0 Å². The van der Waals surface area contributed by atoms with Crippen molar-refractivity contribution >= 4 is 5.91 Å². The number of nitrogens with zero attached hydrogens (tertiary/aromatic N) is 3. The van der Waals surface area contributed by atoms with Gasteiger partial charge in [0.25, 0.3) is 5.91 Å². The van der Waals surface area contributed by atoms with E-state index in [4.69, 9.17) is 0 Å². The van der Waals surface area contributed by atoms with E-state index in [9.17, 15) is 4.79 Å². The number of aromatic nitrogens is 3. The lowest BCUT2D eigenvalue weighted by Crippen LogP contribution is -2.34. The molecule has 1 aliphatic rings. The summed E-state index contributed by atoms with van der Waals surface area (Å²) in [7, 11) is 0. The number of nitrogens with one attached hydrogen (secondary N) is 1. The lowest BCUT2D eigenvalue weighted by molar-refractivity contribution is 0.0735. The maximum absolute atomic E-state index is 12.2. The Morgan fingerprint density at radius 3 is 2.65 bits per heavy atom. The van der Waals surface area contributed by atoms with Gasteiger partial charge in [0.15, 0.2) is 0 Å². The Hall–Kier alpha value is -1.39. The number of H-pyrrole nitrogens is 1. The van der Waals surface area contributed by atoms with Crippen molar-refractivity contribution in [3.05, 3.63) is 11.6 Å². The molecule has 0 radical (unpaired) electrons. The van der Waals surface area contributed by atoms with E-state index in [0.29, 0.717) is 11.9 Å². The van der Waals surface area contributed by atoms with Crippen LogP contribution in [0.15, 0.2) is 0 Å². The smallest absolute Gasteiger partial charge is 0.293 e. The normalized spacial score (nSPS) is 20.9. The van der Waals surface area contributed by atoms with Crippen LogP contribution in [0.1, 0.15) is 57.0 Å². The minimum atomic E-state index is -0.109. The summed E-state index contributed by atoms with van der Waals surface area (Å²) in [5.41, 5.74) is -0.109. The molecule has 1 aliphatic heterocycles. The molecule has 17 heavy (non-hydrogen) atoms. The maximum Gasteiger partial charge on any atom is 0.293 e. The van der Waals surface area contributed by atoms with Crippen molar-refractivity contribution in [3.8, 4) is 0 Å². The molecule has 1 aromatic heterocycles. The van der Waals surface area contributed by atoms with Gasteiger partial charge >= 0.3 is 0 Å². The van der Waals surface area contributed by atoms with E-state index in [2.05, 4.69) is 22.1 Å². The van der Waals surface area contributed by atoms with E-state index in [1.54, 1.807) is 0 Å². The van der Waals surface area contributed by atoms with Crippen LogP contribution in [0.2, 0.25) is 0 Å². The highest BCUT2D eigenvalue weighted by atomic mass is 16.2. The molecule has 1 saturated heterocycles. The molecule has 0 spiro atoms. The molecule has 1 amide bonds. The van der Waals surface area contributed by atoms with Gasteiger partial charge in [-0.15, -0.1) is 5.10 Å². The Morgan fingerprint density at radius 1 is 1.47 bits per heavy atom. The van der Waals surface area contributed by atoms with Gasteiger partial charge in [-0.25, -0.2) is 4.98 Å². The second kappa shape index (κ2) is 4.13. The number of aromatic amines is 1. The van der Waals surface area contributed by atoms with Gasteiger partial charge in [0.05, 0.1) is 0 Å². The summed E-state index contributed by atoms with van der Waals surface area (Å²) in [5, 5.41) is 6.89. The molecule has 2 heterocycles. The second-order valence-corrected chi connectivity index (χ2v) is 5.75. The molecule has 0 bridgehead atoms. The van der Waals surface area contributed by atoms with Crippen molar-refractivity contribution in [1.82, 2.24) is 20.1 Å². The predicted molar refractivity (Wildman–Crippen MR) is 64.8 cm³/mol. The summed E-state index contributed by atoms with van der Waals surface area (Å²) in [6.07, 6.45) is 2.14. The zero-order chi connectivity index (χ0) is 12.6.